The molecule has 1 N–H and O–H groups in total. The van der Waals surface area contributed by atoms with Crippen molar-refractivity contribution in [1.29, 1.82) is 5.26 Å². The number of thiazole rings is 1. The second kappa shape index (κ2) is 6.67. The van der Waals surface area contributed by atoms with Gasteiger partial charge in [0, 0.05) is 22.0 Å². The number of ether oxygens (including phenoxy) is 1. The second-order valence-electron chi connectivity index (χ2n) is 5.55. The first kappa shape index (κ1) is 15.8. The Hall–Kier alpha value is -2.69. The second-order valence-corrected chi connectivity index (χ2v) is 7.51. The van der Waals surface area contributed by atoms with E-state index in [1.807, 2.05) is 5.38 Å². The average molecular weight is 367 g/mol. The summed E-state index contributed by atoms with van der Waals surface area (Å²) in [7, 11) is 0. The van der Waals surface area contributed by atoms with Gasteiger partial charge in [0.05, 0.1) is 5.56 Å². The van der Waals surface area contributed by atoms with Crippen LogP contribution in [0.5, 0.6) is 10.9 Å². The summed E-state index contributed by atoms with van der Waals surface area (Å²) < 4.78 is 5.58. The van der Waals surface area contributed by atoms with E-state index < -0.39 is 0 Å². The predicted octanol–water partition coefficient (Wildman–Crippen LogP) is 4.61. The van der Waals surface area contributed by atoms with Crippen LogP contribution in [0, 0.1) is 11.3 Å². The first-order valence-corrected chi connectivity index (χ1v) is 9.47. The number of amides is 1. The molecule has 7 heteroatoms. The molecular weight excluding hydrogens is 354 g/mol. The minimum atomic E-state index is -0.225. The highest BCUT2D eigenvalue weighted by Gasteiger charge is 2.23. The van der Waals surface area contributed by atoms with Crippen LogP contribution in [0.1, 0.15) is 32.8 Å². The van der Waals surface area contributed by atoms with Crippen LogP contribution in [0.25, 0.3) is 0 Å². The molecule has 0 saturated heterocycles. The van der Waals surface area contributed by atoms with Crippen LogP contribution in [-0.4, -0.2) is 10.9 Å². The van der Waals surface area contributed by atoms with Gasteiger partial charge in [0.15, 0.2) is 0 Å². The van der Waals surface area contributed by atoms with Crippen LogP contribution in [0.2, 0.25) is 0 Å². The molecule has 0 atom stereocenters. The van der Waals surface area contributed by atoms with Gasteiger partial charge < -0.3 is 10.1 Å². The van der Waals surface area contributed by atoms with Crippen molar-refractivity contribution >= 4 is 33.6 Å². The Morgan fingerprint density at radius 1 is 1.28 bits per heavy atom. The normalized spacial score (nSPS) is 12.4. The van der Waals surface area contributed by atoms with Crippen LogP contribution in [-0.2, 0) is 12.8 Å². The zero-order valence-corrected chi connectivity index (χ0v) is 14.7. The highest BCUT2D eigenvalue weighted by atomic mass is 32.1. The Bertz CT molecular complexity index is 954. The number of aryl methyl sites for hydroxylation is 1. The lowest BCUT2D eigenvalue weighted by Crippen LogP contribution is -2.11. The molecule has 0 bridgehead atoms. The summed E-state index contributed by atoms with van der Waals surface area (Å²) >= 11 is 2.92. The molecular formula is C18H13N3O2S2. The Labute approximate surface area is 152 Å². The zero-order chi connectivity index (χ0) is 17.2. The van der Waals surface area contributed by atoms with Crippen molar-refractivity contribution in [3.05, 3.63) is 57.4 Å². The van der Waals surface area contributed by atoms with Crippen molar-refractivity contribution in [3.8, 4) is 17.0 Å². The number of nitriles is 1. The summed E-state index contributed by atoms with van der Waals surface area (Å²) in [6, 6.07) is 9.10. The highest BCUT2D eigenvalue weighted by molar-refractivity contribution is 7.16. The van der Waals surface area contributed by atoms with Crippen LogP contribution >= 0.6 is 22.7 Å². The summed E-state index contributed by atoms with van der Waals surface area (Å²) in [6.45, 7) is 0. The molecule has 2 heterocycles. The standard InChI is InChI=1S/C18H13N3O2S2/c19-10-14-13-2-1-3-15(13)25-17(14)21-16(22)11-4-6-12(7-5-11)23-18-20-8-9-24-18/h4-9H,1-3H2,(H,21,22). The van der Waals surface area contributed by atoms with Crippen LogP contribution in [0.3, 0.4) is 0 Å². The number of fused-ring (bicyclic) bond motifs is 1. The molecule has 1 aliphatic carbocycles. The molecule has 0 unspecified atom stereocenters. The fourth-order valence-electron chi connectivity index (χ4n) is 2.82. The zero-order valence-electron chi connectivity index (χ0n) is 13.1. The Balaban J connectivity index is 1.49. The molecule has 0 saturated carbocycles. The van der Waals surface area contributed by atoms with Crippen LogP contribution in [0.4, 0.5) is 5.00 Å². The van der Waals surface area contributed by atoms with Gasteiger partial charge in [0.2, 0.25) is 0 Å². The van der Waals surface area contributed by atoms with E-state index >= 15 is 0 Å². The molecule has 3 aromatic rings. The number of hydrogen-bond donors (Lipinski definition) is 1. The lowest BCUT2D eigenvalue weighted by molar-refractivity contribution is 0.102. The summed E-state index contributed by atoms with van der Waals surface area (Å²) in [4.78, 5) is 17.7. The van der Waals surface area contributed by atoms with Gasteiger partial charge in [0.1, 0.15) is 16.8 Å². The topological polar surface area (TPSA) is 75.0 Å². The number of rotatable bonds is 4. The van der Waals surface area contributed by atoms with Gasteiger partial charge in [-0.25, -0.2) is 4.98 Å². The highest BCUT2D eigenvalue weighted by Crippen LogP contribution is 2.38. The smallest absolute Gasteiger partial charge is 0.278 e. The number of aromatic nitrogens is 1. The van der Waals surface area contributed by atoms with Gasteiger partial charge in [-0.1, -0.05) is 11.3 Å². The van der Waals surface area contributed by atoms with Gasteiger partial charge in [-0.05, 0) is 49.1 Å². The molecule has 1 aromatic carbocycles. The third-order valence-corrected chi connectivity index (χ3v) is 5.85. The first-order valence-electron chi connectivity index (χ1n) is 7.78. The number of thiophene rings is 1. The van der Waals surface area contributed by atoms with E-state index in [9.17, 15) is 10.1 Å². The quantitative estimate of drug-likeness (QED) is 0.731. The average Bonchev–Trinajstić information content (AvgIpc) is 3.33. The molecule has 124 valence electrons. The Kier molecular flexibility index (Phi) is 4.22. The molecule has 25 heavy (non-hydrogen) atoms. The largest absolute Gasteiger partial charge is 0.431 e. The van der Waals surface area contributed by atoms with Gasteiger partial charge in [-0.2, -0.15) is 5.26 Å². The minimum Gasteiger partial charge on any atom is -0.431 e. The number of benzene rings is 1. The van der Waals surface area contributed by atoms with E-state index in [2.05, 4.69) is 16.4 Å². The van der Waals surface area contributed by atoms with E-state index in [0.717, 1.165) is 24.8 Å². The fourth-order valence-corrected chi connectivity index (χ4v) is 4.56. The maximum Gasteiger partial charge on any atom is 0.278 e. The van der Waals surface area contributed by atoms with Crippen molar-refractivity contribution in [2.75, 3.05) is 5.32 Å². The Morgan fingerprint density at radius 3 is 2.84 bits per heavy atom. The number of anilines is 1. The van der Waals surface area contributed by atoms with Crippen molar-refractivity contribution < 1.29 is 9.53 Å². The van der Waals surface area contributed by atoms with E-state index in [0.29, 0.717) is 27.1 Å². The van der Waals surface area contributed by atoms with Gasteiger partial charge in [-0.15, -0.1) is 11.3 Å². The van der Waals surface area contributed by atoms with Crippen molar-refractivity contribution in [3.63, 3.8) is 0 Å². The monoisotopic (exact) mass is 367 g/mol. The molecule has 0 aliphatic heterocycles. The number of hydrogen-bond acceptors (Lipinski definition) is 6. The third-order valence-electron chi connectivity index (χ3n) is 3.99. The number of nitrogens with zero attached hydrogens (tertiary/aromatic N) is 2. The lowest BCUT2D eigenvalue weighted by atomic mass is 10.1. The maximum absolute atomic E-state index is 12.5. The van der Waals surface area contributed by atoms with Crippen LogP contribution < -0.4 is 10.1 Å². The molecule has 0 radical (unpaired) electrons. The number of nitrogens with one attached hydrogen (secondary N) is 1. The van der Waals surface area contributed by atoms with Crippen molar-refractivity contribution in [1.82, 2.24) is 4.98 Å². The Morgan fingerprint density at radius 2 is 2.12 bits per heavy atom. The number of carbonyl (C=O) groups is 1. The molecule has 5 nitrogen and oxygen atoms in total. The summed E-state index contributed by atoms with van der Waals surface area (Å²) in [6.07, 6.45) is 4.68. The summed E-state index contributed by atoms with van der Waals surface area (Å²) in [5, 5.41) is 15.3. The van der Waals surface area contributed by atoms with Gasteiger partial charge in [0.25, 0.3) is 11.1 Å². The molecule has 1 amide bonds. The molecule has 0 fully saturated rings. The van der Waals surface area contributed by atoms with Gasteiger partial charge in [-0.3, -0.25) is 4.79 Å². The van der Waals surface area contributed by atoms with E-state index in [4.69, 9.17) is 4.74 Å². The molecule has 0 spiro atoms. The van der Waals surface area contributed by atoms with Crippen molar-refractivity contribution in [2.45, 2.75) is 19.3 Å². The third kappa shape index (κ3) is 3.14. The maximum atomic E-state index is 12.5. The molecule has 4 rings (SSSR count). The summed E-state index contributed by atoms with van der Waals surface area (Å²) in [5.41, 5.74) is 2.24. The van der Waals surface area contributed by atoms with Crippen LogP contribution in [0.15, 0.2) is 35.8 Å². The fraction of sp³-hybridized carbons (Fsp3) is 0.167. The minimum absolute atomic E-state index is 0.225. The lowest BCUT2D eigenvalue weighted by Gasteiger charge is -2.06. The van der Waals surface area contributed by atoms with E-state index in [1.165, 1.54) is 27.6 Å². The van der Waals surface area contributed by atoms with Crippen molar-refractivity contribution in [2.24, 2.45) is 0 Å². The van der Waals surface area contributed by atoms with E-state index in [-0.39, 0.29) is 5.91 Å². The van der Waals surface area contributed by atoms with Gasteiger partial charge >= 0.3 is 0 Å². The first-order chi connectivity index (χ1) is 12.2. The summed E-state index contributed by atoms with van der Waals surface area (Å²) in [5.74, 6) is 0.400. The van der Waals surface area contributed by atoms with E-state index in [1.54, 1.807) is 30.5 Å². The predicted molar refractivity (Wildman–Crippen MR) is 97.6 cm³/mol. The molecule has 2 aromatic heterocycles. The molecule has 1 aliphatic rings. The SMILES string of the molecule is N#Cc1c(NC(=O)c2ccc(Oc3nccs3)cc2)sc2c1CCC2. The number of carbonyl (C=O) groups excluding carboxylic acids is 1.